The average molecular weight is 493 g/mol. The Morgan fingerprint density at radius 2 is 1.92 bits per heavy atom. The minimum absolute atomic E-state index is 0.0108. The second-order valence-corrected chi connectivity index (χ2v) is 9.48. The number of fused-ring (bicyclic) bond motifs is 1. The summed E-state index contributed by atoms with van der Waals surface area (Å²) < 4.78 is 16.1. The summed E-state index contributed by atoms with van der Waals surface area (Å²) >= 11 is 0. The summed E-state index contributed by atoms with van der Waals surface area (Å²) in [6.07, 6.45) is 9.60. The van der Waals surface area contributed by atoms with Crippen molar-refractivity contribution in [1.82, 2.24) is 29.5 Å². The number of nitrogens with one attached hydrogen (secondary N) is 1. The lowest BCUT2D eigenvalue weighted by molar-refractivity contribution is -0.144. The zero-order valence-corrected chi connectivity index (χ0v) is 19.4. The number of likely N-dealkylation sites (tertiary alicyclic amines) is 1. The van der Waals surface area contributed by atoms with Crippen molar-refractivity contribution in [2.75, 3.05) is 13.1 Å². The Morgan fingerprint density at radius 1 is 1.22 bits per heavy atom. The maximum absolute atomic E-state index is 13.3. The van der Waals surface area contributed by atoms with Gasteiger partial charge < -0.3 is 15.3 Å². The van der Waals surface area contributed by atoms with Crippen LogP contribution in [0.5, 0.6) is 0 Å². The molecule has 11 heteroatoms. The number of benzene rings is 1. The van der Waals surface area contributed by atoms with Gasteiger partial charge in [-0.25, -0.2) is 14.1 Å². The molecule has 0 spiro atoms. The lowest BCUT2D eigenvalue weighted by Crippen LogP contribution is -2.54. The second-order valence-electron chi connectivity index (χ2n) is 9.48. The Hall–Kier alpha value is -4.04. The second kappa shape index (κ2) is 9.20. The number of carbonyl (C=O) groups excluding carboxylic acids is 2. The first kappa shape index (κ1) is 23.7. The van der Waals surface area contributed by atoms with Crippen LogP contribution in [0.25, 0.3) is 16.7 Å². The van der Waals surface area contributed by atoms with Crippen LogP contribution in [0, 0.1) is 24.1 Å². The first-order valence-electron chi connectivity index (χ1n) is 11.7. The molecule has 1 aliphatic carbocycles. The molecule has 10 nitrogen and oxygen atoms in total. The molecule has 186 valence electrons. The molecule has 0 bridgehead atoms. The Bertz CT molecular complexity index is 1410. The van der Waals surface area contributed by atoms with Gasteiger partial charge in [0.05, 0.1) is 24.0 Å². The van der Waals surface area contributed by atoms with Gasteiger partial charge in [0.2, 0.25) is 5.91 Å². The van der Waals surface area contributed by atoms with Crippen LogP contribution in [-0.4, -0.2) is 65.9 Å². The van der Waals surface area contributed by atoms with E-state index in [9.17, 15) is 23.9 Å². The van der Waals surface area contributed by atoms with Crippen LogP contribution in [0.15, 0.2) is 41.6 Å². The van der Waals surface area contributed by atoms with E-state index in [-0.39, 0.29) is 41.2 Å². The highest BCUT2D eigenvalue weighted by molar-refractivity contribution is 5.93. The molecule has 2 N–H and O–H groups in total. The van der Waals surface area contributed by atoms with E-state index in [0.717, 1.165) is 0 Å². The molecule has 1 saturated carbocycles. The number of aliphatic hydroxyl groups is 1. The molecule has 0 unspecified atom stereocenters. The summed E-state index contributed by atoms with van der Waals surface area (Å²) in [5, 5.41) is 18.4. The minimum Gasteiger partial charge on any atom is -0.388 e. The largest absolute Gasteiger partial charge is 0.388 e. The number of piperidine rings is 1. The molecule has 1 saturated heterocycles. The molecule has 1 aromatic carbocycles. The van der Waals surface area contributed by atoms with Crippen molar-refractivity contribution in [3.8, 4) is 18.0 Å². The van der Waals surface area contributed by atoms with Crippen molar-refractivity contribution in [3.63, 3.8) is 0 Å². The van der Waals surface area contributed by atoms with Gasteiger partial charge in [0.25, 0.3) is 11.5 Å². The van der Waals surface area contributed by atoms with Crippen LogP contribution in [0.4, 0.5) is 4.39 Å². The number of nitrogens with zero attached hydrogens (tertiary/aromatic N) is 5. The summed E-state index contributed by atoms with van der Waals surface area (Å²) in [4.78, 5) is 43.2. The van der Waals surface area contributed by atoms with Gasteiger partial charge in [0.1, 0.15) is 17.5 Å². The van der Waals surface area contributed by atoms with Crippen LogP contribution in [0.3, 0.4) is 0 Å². The molecule has 3 aromatic rings. The van der Waals surface area contributed by atoms with Crippen LogP contribution in [0.1, 0.15) is 25.7 Å². The number of terminal acetylenes is 1. The summed E-state index contributed by atoms with van der Waals surface area (Å²) in [6, 6.07) is 5.62. The molecular formula is C25H25FN6O4. The highest BCUT2D eigenvalue weighted by Crippen LogP contribution is 2.32. The molecular weight excluding hydrogens is 467 g/mol. The van der Waals surface area contributed by atoms with E-state index in [2.05, 4.69) is 15.4 Å². The third-order valence-corrected chi connectivity index (χ3v) is 7.05. The van der Waals surface area contributed by atoms with E-state index in [0.29, 0.717) is 50.1 Å². The third kappa shape index (κ3) is 4.47. The SMILES string of the molecule is C#CC(=O)N[C@H]1C[C@H](C(=O)N2CCC(O)(Cn3cnc4c(cnn4-c4ccc(F)cc4)c3=O)CC2)C1. The van der Waals surface area contributed by atoms with Crippen LogP contribution >= 0.6 is 0 Å². The van der Waals surface area contributed by atoms with Gasteiger partial charge in [-0.2, -0.15) is 5.10 Å². The van der Waals surface area contributed by atoms with Crippen molar-refractivity contribution in [2.45, 2.75) is 43.9 Å². The van der Waals surface area contributed by atoms with Crippen molar-refractivity contribution >= 4 is 22.8 Å². The first-order chi connectivity index (χ1) is 17.3. The average Bonchev–Trinajstić information content (AvgIpc) is 3.28. The van der Waals surface area contributed by atoms with Gasteiger partial charge in [0.15, 0.2) is 5.65 Å². The molecule has 2 aromatic heterocycles. The number of aromatic nitrogens is 4. The zero-order chi connectivity index (χ0) is 25.4. The lowest BCUT2D eigenvalue weighted by atomic mass is 9.78. The van der Waals surface area contributed by atoms with E-state index < -0.39 is 11.5 Å². The Labute approximate surface area is 205 Å². The molecule has 36 heavy (non-hydrogen) atoms. The van der Waals surface area contributed by atoms with E-state index in [1.165, 1.54) is 33.9 Å². The number of rotatable bonds is 5. The number of carbonyl (C=O) groups is 2. The number of hydrogen-bond donors (Lipinski definition) is 2. The van der Waals surface area contributed by atoms with Crippen molar-refractivity contribution in [1.29, 1.82) is 0 Å². The van der Waals surface area contributed by atoms with Crippen LogP contribution in [-0.2, 0) is 16.1 Å². The first-order valence-corrected chi connectivity index (χ1v) is 11.7. The zero-order valence-electron chi connectivity index (χ0n) is 19.4. The molecule has 0 radical (unpaired) electrons. The fraction of sp³-hybridized carbons (Fsp3) is 0.400. The van der Waals surface area contributed by atoms with Crippen molar-refractivity contribution in [3.05, 3.63) is 53.0 Å². The fourth-order valence-electron chi connectivity index (χ4n) is 4.87. The highest BCUT2D eigenvalue weighted by atomic mass is 19.1. The summed E-state index contributed by atoms with van der Waals surface area (Å²) in [6.45, 7) is 0.794. The number of hydrogen-bond acceptors (Lipinski definition) is 6. The smallest absolute Gasteiger partial charge is 0.295 e. The standard InChI is InChI=1S/C25H25FN6O4/c1-2-21(33)29-18-11-16(12-18)23(34)30-9-7-25(36,8-10-30)14-31-15-27-22-20(24(31)35)13-28-32(22)19-5-3-17(26)4-6-19/h1,3-6,13,15-16,18,36H,7-12,14H2,(H,29,33)/t16-,18-. The Kier molecular flexibility index (Phi) is 6.05. The summed E-state index contributed by atoms with van der Waals surface area (Å²) in [7, 11) is 0. The molecule has 1 aliphatic heterocycles. The van der Waals surface area contributed by atoms with Gasteiger partial charge in [-0.1, -0.05) is 0 Å². The van der Waals surface area contributed by atoms with Crippen LogP contribution < -0.4 is 10.9 Å². The summed E-state index contributed by atoms with van der Waals surface area (Å²) in [5.41, 5.74) is -0.587. The predicted molar refractivity (Wildman–Crippen MR) is 127 cm³/mol. The number of halogens is 1. The monoisotopic (exact) mass is 492 g/mol. The minimum atomic E-state index is -1.16. The van der Waals surface area contributed by atoms with E-state index >= 15 is 0 Å². The maximum Gasteiger partial charge on any atom is 0.295 e. The predicted octanol–water partition coefficient (Wildman–Crippen LogP) is 0.603. The van der Waals surface area contributed by atoms with Gasteiger partial charge in [-0.05, 0) is 55.9 Å². The van der Waals surface area contributed by atoms with Gasteiger partial charge in [-0.3, -0.25) is 19.0 Å². The molecule has 2 fully saturated rings. The Balaban J connectivity index is 1.22. The molecule has 3 heterocycles. The topological polar surface area (TPSA) is 122 Å². The highest BCUT2D eigenvalue weighted by Gasteiger charge is 2.41. The van der Waals surface area contributed by atoms with E-state index in [4.69, 9.17) is 6.42 Å². The molecule has 5 rings (SSSR count). The van der Waals surface area contributed by atoms with E-state index in [1.54, 1.807) is 17.0 Å². The lowest BCUT2D eigenvalue weighted by Gasteiger charge is -2.42. The molecule has 2 amide bonds. The maximum atomic E-state index is 13.3. The third-order valence-electron chi connectivity index (χ3n) is 7.05. The van der Waals surface area contributed by atoms with Gasteiger partial charge in [-0.15, -0.1) is 6.42 Å². The quantitative estimate of drug-likeness (QED) is 0.503. The van der Waals surface area contributed by atoms with Crippen molar-refractivity contribution < 1.29 is 19.1 Å². The molecule has 0 atom stereocenters. The number of amides is 2. The normalized spacial score (nSPS) is 21.0. The summed E-state index contributed by atoms with van der Waals surface area (Å²) in [5.74, 6) is 1.01. The van der Waals surface area contributed by atoms with E-state index in [1.807, 2.05) is 5.92 Å². The fourth-order valence-corrected chi connectivity index (χ4v) is 4.87. The van der Waals surface area contributed by atoms with Gasteiger partial charge >= 0.3 is 0 Å². The molecule has 2 aliphatic rings. The van der Waals surface area contributed by atoms with Crippen LogP contribution in [0.2, 0.25) is 0 Å². The van der Waals surface area contributed by atoms with Crippen molar-refractivity contribution in [2.24, 2.45) is 5.92 Å². The van der Waals surface area contributed by atoms with Gasteiger partial charge in [0, 0.05) is 25.0 Å². The Morgan fingerprint density at radius 3 is 2.58 bits per heavy atom.